The zero-order valence-corrected chi connectivity index (χ0v) is 18.8. The summed E-state index contributed by atoms with van der Waals surface area (Å²) < 4.78 is 84.3. The Kier molecular flexibility index (Phi) is 8.91. The standard InChI is InChI=1S/C23H34F6N2O2/c1-14-2-3-20(31-19-4-6-33-7-5-19)11-16(8-14)21(32)30-13-15-9-17(22(24,25)26)12-18(10-15)23(27,28)29/h9,12,14,16,18-21,30-32H,2-8,10-11,13H2,1H3/t14?,16-,18?,20?,21?/m1/s1. The van der Waals surface area contributed by atoms with Crippen LogP contribution in [0, 0.1) is 17.8 Å². The Morgan fingerprint density at radius 2 is 1.73 bits per heavy atom. The highest BCUT2D eigenvalue weighted by molar-refractivity contribution is 5.34. The molecule has 0 aromatic heterocycles. The first kappa shape index (κ1) is 26.5. The lowest BCUT2D eigenvalue weighted by Gasteiger charge is -2.31. The summed E-state index contributed by atoms with van der Waals surface area (Å²) in [7, 11) is 0. The molecule has 1 saturated heterocycles. The van der Waals surface area contributed by atoms with Crippen LogP contribution in [0.5, 0.6) is 0 Å². The molecule has 3 rings (SSSR count). The topological polar surface area (TPSA) is 53.5 Å². The number of nitrogens with one attached hydrogen (secondary N) is 2. The Labute approximate surface area is 190 Å². The molecule has 190 valence electrons. The monoisotopic (exact) mass is 484 g/mol. The first-order chi connectivity index (χ1) is 15.4. The van der Waals surface area contributed by atoms with Crippen LogP contribution in [0.4, 0.5) is 26.3 Å². The number of halogens is 6. The summed E-state index contributed by atoms with van der Waals surface area (Å²) in [6, 6.07) is 0.574. The summed E-state index contributed by atoms with van der Waals surface area (Å²) in [6.45, 7) is 3.33. The van der Waals surface area contributed by atoms with Crippen LogP contribution in [0.25, 0.3) is 0 Å². The minimum Gasteiger partial charge on any atom is -0.381 e. The Hall–Kier alpha value is -1.10. The fraction of sp³-hybridized carbons (Fsp3) is 0.826. The summed E-state index contributed by atoms with van der Waals surface area (Å²) in [4.78, 5) is 0. The van der Waals surface area contributed by atoms with Crippen molar-refractivity contribution in [3.8, 4) is 0 Å². The first-order valence-corrected chi connectivity index (χ1v) is 11.7. The van der Waals surface area contributed by atoms with Gasteiger partial charge in [0.2, 0.25) is 0 Å². The quantitative estimate of drug-likeness (QED) is 0.287. The minimum atomic E-state index is -4.85. The van der Waals surface area contributed by atoms with Crippen LogP contribution >= 0.6 is 0 Å². The van der Waals surface area contributed by atoms with Crippen molar-refractivity contribution in [3.63, 3.8) is 0 Å². The van der Waals surface area contributed by atoms with Crippen LogP contribution in [-0.4, -0.2) is 55.5 Å². The number of aliphatic hydroxyl groups excluding tert-OH is 1. The molecule has 1 saturated carbocycles. The summed E-state index contributed by atoms with van der Waals surface area (Å²) in [5.41, 5.74) is -1.30. The van der Waals surface area contributed by atoms with Gasteiger partial charge < -0.3 is 15.2 Å². The summed E-state index contributed by atoms with van der Waals surface area (Å²) in [5, 5.41) is 17.3. The lowest BCUT2D eigenvalue weighted by Crippen LogP contribution is -2.45. The molecule has 0 aromatic rings. The van der Waals surface area contributed by atoms with Gasteiger partial charge in [0.15, 0.2) is 0 Å². The molecule has 3 N–H and O–H groups in total. The summed E-state index contributed by atoms with van der Waals surface area (Å²) >= 11 is 0. The van der Waals surface area contributed by atoms with Gasteiger partial charge in [-0.3, -0.25) is 5.32 Å². The van der Waals surface area contributed by atoms with Crippen LogP contribution in [0.15, 0.2) is 23.3 Å². The molecule has 5 atom stereocenters. The average molecular weight is 485 g/mol. The Balaban J connectivity index is 1.61. The van der Waals surface area contributed by atoms with E-state index in [1.165, 1.54) is 0 Å². The fourth-order valence-electron chi connectivity index (χ4n) is 5.10. The Bertz CT molecular complexity index is 700. The smallest absolute Gasteiger partial charge is 0.381 e. The van der Waals surface area contributed by atoms with Gasteiger partial charge in [0.1, 0.15) is 6.23 Å². The molecule has 0 amide bonds. The highest BCUT2D eigenvalue weighted by Gasteiger charge is 2.44. The maximum Gasteiger partial charge on any atom is 0.416 e. The zero-order valence-electron chi connectivity index (χ0n) is 18.8. The third-order valence-electron chi connectivity index (χ3n) is 6.95. The van der Waals surface area contributed by atoms with E-state index in [2.05, 4.69) is 17.6 Å². The highest BCUT2D eigenvalue weighted by Crippen LogP contribution is 2.40. The molecule has 1 heterocycles. The molecule has 0 radical (unpaired) electrons. The lowest BCUT2D eigenvalue weighted by molar-refractivity contribution is -0.162. The number of rotatable bonds is 6. The maximum absolute atomic E-state index is 13.2. The maximum atomic E-state index is 13.2. The average Bonchev–Trinajstić information content (AvgIpc) is 2.92. The van der Waals surface area contributed by atoms with Crippen molar-refractivity contribution in [2.24, 2.45) is 17.8 Å². The summed E-state index contributed by atoms with van der Waals surface area (Å²) in [6.07, 6.45) is -4.85. The van der Waals surface area contributed by atoms with Crippen molar-refractivity contribution < 1.29 is 36.2 Å². The van der Waals surface area contributed by atoms with Crippen LogP contribution in [-0.2, 0) is 4.74 Å². The highest BCUT2D eigenvalue weighted by atomic mass is 19.4. The number of aliphatic hydroxyl groups is 1. The van der Waals surface area contributed by atoms with E-state index in [1.807, 2.05) is 0 Å². The number of allylic oxidation sites excluding steroid dienone is 3. The molecule has 0 spiro atoms. The molecule has 3 aliphatic rings. The van der Waals surface area contributed by atoms with Gasteiger partial charge in [-0.1, -0.05) is 18.6 Å². The molecule has 2 aliphatic carbocycles. The molecule has 4 nitrogen and oxygen atoms in total. The van der Waals surface area contributed by atoms with Crippen LogP contribution < -0.4 is 10.6 Å². The molecule has 2 fully saturated rings. The largest absolute Gasteiger partial charge is 0.416 e. The first-order valence-electron chi connectivity index (χ1n) is 11.7. The molecule has 0 bridgehead atoms. The third kappa shape index (κ3) is 7.97. The van der Waals surface area contributed by atoms with E-state index in [4.69, 9.17) is 4.74 Å². The molecular weight excluding hydrogens is 450 g/mol. The van der Waals surface area contributed by atoms with Crippen molar-refractivity contribution in [1.29, 1.82) is 0 Å². The number of alkyl halides is 6. The Morgan fingerprint density at radius 3 is 2.36 bits per heavy atom. The van der Waals surface area contributed by atoms with Gasteiger partial charge in [0, 0.05) is 37.8 Å². The van der Waals surface area contributed by atoms with Gasteiger partial charge in [-0.2, -0.15) is 26.3 Å². The molecule has 1 aliphatic heterocycles. The molecular formula is C23H34F6N2O2. The van der Waals surface area contributed by atoms with Gasteiger partial charge in [-0.25, -0.2) is 0 Å². The predicted octanol–water partition coefficient (Wildman–Crippen LogP) is 4.86. The van der Waals surface area contributed by atoms with Crippen molar-refractivity contribution in [2.45, 2.75) is 82.5 Å². The predicted molar refractivity (Wildman–Crippen MR) is 112 cm³/mol. The van der Waals surface area contributed by atoms with E-state index in [0.29, 0.717) is 18.4 Å². The van der Waals surface area contributed by atoms with Crippen molar-refractivity contribution in [3.05, 3.63) is 23.3 Å². The Morgan fingerprint density at radius 1 is 1.03 bits per heavy atom. The SMILES string of the molecule is CC1CCC(NC2CCOCC2)C[C@H](C(O)NCC2=CC(C(F)(F)F)=CC(C(F)(F)F)C2)C1. The van der Waals surface area contributed by atoms with Gasteiger partial charge in [0.25, 0.3) is 0 Å². The van der Waals surface area contributed by atoms with E-state index >= 15 is 0 Å². The molecule has 4 unspecified atom stereocenters. The van der Waals surface area contributed by atoms with Crippen molar-refractivity contribution in [1.82, 2.24) is 10.6 Å². The van der Waals surface area contributed by atoms with E-state index < -0.39 is 36.5 Å². The fourth-order valence-corrected chi connectivity index (χ4v) is 5.10. The third-order valence-corrected chi connectivity index (χ3v) is 6.95. The second-order valence-corrected chi connectivity index (χ2v) is 9.76. The van der Waals surface area contributed by atoms with E-state index in [9.17, 15) is 31.4 Å². The van der Waals surface area contributed by atoms with E-state index in [0.717, 1.165) is 51.4 Å². The summed E-state index contributed by atoms with van der Waals surface area (Å²) in [5.74, 6) is -1.95. The minimum absolute atomic E-state index is 0.00949. The number of hydrogen-bond donors (Lipinski definition) is 3. The van der Waals surface area contributed by atoms with E-state index in [-0.39, 0.29) is 30.2 Å². The van der Waals surface area contributed by atoms with Gasteiger partial charge in [-0.05, 0) is 56.9 Å². The van der Waals surface area contributed by atoms with Crippen LogP contribution in [0.1, 0.15) is 51.9 Å². The van der Waals surface area contributed by atoms with Crippen molar-refractivity contribution in [2.75, 3.05) is 19.8 Å². The second kappa shape index (κ2) is 11.1. The van der Waals surface area contributed by atoms with Gasteiger partial charge in [0.05, 0.1) is 11.5 Å². The normalized spacial score (nSPS) is 31.5. The van der Waals surface area contributed by atoms with Crippen molar-refractivity contribution >= 4 is 0 Å². The van der Waals surface area contributed by atoms with Gasteiger partial charge in [-0.15, -0.1) is 0 Å². The van der Waals surface area contributed by atoms with Crippen LogP contribution in [0.3, 0.4) is 0 Å². The number of ether oxygens (including phenoxy) is 1. The van der Waals surface area contributed by atoms with E-state index in [1.54, 1.807) is 0 Å². The second-order valence-electron chi connectivity index (χ2n) is 9.76. The lowest BCUT2D eigenvalue weighted by atomic mass is 9.88. The molecule has 10 heteroatoms. The molecule has 0 aromatic carbocycles. The number of hydrogen-bond acceptors (Lipinski definition) is 4. The molecule has 33 heavy (non-hydrogen) atoms. The van der Waals surface area contributed by atoms with Gasteiger partial charge >= 0.3 is 12.4 Å². The zero-order chi connectivity index (χ0) is 24.2. The van der Waals surface area contributed by atoms with Crippen LogP contribution in [0.2, 0.25) is 0 Å².